The van der Waals surface area contributed by atoms with Crippen LogP contribution in [0.1, 0.15) is 21.6 Å². The van der Waals surface area contributed by atoms with Crippen molar-refractivity contribution < 1.29 is 14.3 Å². The molecule has 0 aliphatic carbocycles. The van der Waals surface area contributed by atoms with Gasteiger partial charge < -0.3 is 20.1 Å². The number of hydrogen-bond donors (Lipinski definition) is 2. The van der Waals surface area contributed by atoms with Crippen molar-refractivity contribution in [3.05, 3.63) is 102 Å². The lowest BCUT2D eigenvalue weighted by Crippen LogP contribution is -2.14. The van der Waals surface area contributed by atoms with E-state index in [2.05, 4.69) is 15.6 Å². The predicted molar refractivity (Wildman–Crippen MR) is 141 cm³/mol. The van der Waals surface area contributed by atoms with Gasteiger partial charge in [-0.1, -0.05) is 35.9 Å². The smallest absolute Gasteiger partial charge is 0.256 e. The fraction of sp³-hybridized carbons (Fsp3) is 0.172. The van der Waals surface area contributed by atoms with Crippen molar-refractivity contribution in [2.45, 2.75) is 13.3 Å². The Morgan fingerprint density at radius 2 is 1.54 bits per heavy atom. The van der Waals surface area contributed by atoms with Gasteiger partial charge in [0.05, 0.1) is 19.8 Å². The molecule has 0 bridgehead atoms. The van der Waals surface area contributed by atoms with Gasteiger partial charge in [0, 0.05) is 36.2 Å². The molecule has 6 nitrogen and oxygen atoms in total. The van der Waals surface area contributed by atoms with Crippen LogP contribution in [0.2, 0.25) is 0 Å². The molecule has 1 heterocycles. The number of anilines is 2. The molecule has 0 radical (unpaired) electrons. The van der Waals surface area contributed by atoms with Crippen molar-refractivity contribution in [1.29, 1.82) is 0 Å². The van der Waals surface area contributed by atoms with Crippen LogP contribution in [0.4, 0.5) is 11.4 Å². The minimum absolute atomic E-state index is 0.225. The van der Waals surface area contributed by atoms with Crippen LogP contribution in [0.5, 0.6) is 11.5 Å². The minimum Gasteiger partial charge on any atom is -0.493 e. The third-order valence-corrected chi connectivity index (χ3v) is 5.71. The van der Waals surface area contributed by atoms with Crippen molar-refractivity contribution in [2.75, 3.05) is 31.4 Å². The average molecular weight is 468 g/mol. The molecule has 6 heteroatoms. The Morgan fingerprint density at radius 3 is 2.20 bits per heavy atom. The highest BCUT2D eigenvalue weighted by Gasteiger charge is 2.18. The summed E-state index contributed by atoms with van der Waals surface area (Å²) in [4.78, 5) is 17.7. The van der Waals surface area contributed by atoms with Gasteiger partial charge in [-0.15, -0.1) is 0 Å². The van der Waals surface area contributed by atoms with Gasteiger partial charge in [-0.05, 0) is 66.6 Å². The van der Waals surface area contributed by atoms with Crippen LogP contribution in [0.15, 0.2) is 85.1 Å². The van der Waals surface area contributed by atoms with Gasteiger partial charge >= 0.3 is 0 Å². The van der Waals surface area contributed by atoms with Gasteiger partial charge in [-0.3, -0.25) is 9.78 Å². The zero-order valence-corrected chi connectivity index (χ0v) is 20.2. The van der Waals surface area contributed by atoms with Crippen molar-refractivity contribution in [2.24, 2.45) is 0 Å². The summed E-state index contributed by atoms with van der Waals surface area (Å²) in [6.07, 6.45) is 2.63. The van der Waals surface area contributed by atoms with E-state index in [0.29, 0.717) is 22.7 Å². The Hall–Kier alpha value is -4.32. The topological polar surface area (TPSA) is 72.5 Å². The third-order valence-electron chi connectivity index (χ3n) is 5.71. The van der Waals surface area contributed by atoms with Crippen molar-refractivity contribution >= 4 is 17.3 Å². The molecule has 35 heavy (non-hydrogen) atoms. The molecular weight excluding hydrogens is 438 g/mol. The normalized spacial score (nSPS) is 10.5. The molecule has 0 spiro atoms. The second-order valence-electron chi connectivity index (χ2n) is 8.15. The third kappa shape index (κ3) is 5.98. The fourth-order valence-corrected chi connectivity index (χ4v) is 3.79. The summed E-state index contributed by atoms with van der Waals surface area (Å²) in [5.41, 5.74) is 6.07. The number of methoxy groups -OCH3 is 2. The fourth-order valence-electron chi connectivity index (χ4n) is 3.79. The summed E-state index contributed by atoms with van der Waals surface area (Å²) in [6, 6.07) is 25.2. The number of pyridine rings is 1. The number of carbonyl (C=O) groups excluding carboxylic acids is 1. The van der Waals surface area contributed by atoms with E-state index in [9.17, 15) is 4.79 Å². The maximum absolute atomic E-state index is 13.3. The SMILES string of the molecule is COc1cc(C(=O)Nc2ccc(NCCc3ccccn3)cc2)c(-c2ccc(C)cc2)cc1OC. The Kier molecular flexibility index (Phi) is 7.63. The molecule has 1 aromatic heterocycles. The number of aromatic nitrogens is 1. The first-order valence-electron chi connectivity index (χ1n) is 11.5. The highest BCUT2D eigenvalue weighted by Crippen LogP contribution is 2.36. The molecule has 178 valence electrons. The highest BCUT2D eigenvalue weighted by atomic mass is 16.5. The summed E-state index contributed by atoms with van der Waals surface area (Å²) in [5.74, 6) is 0.846. The van der Waals surface area contributed by atoms with Crippen LogP contribution in [0.25, 0.3) is 11.1 Å². The molecule has 0 aliphatic heterocycles. The molecule has 1 amide bonds. The van der Waals surface area contributed by atoms with E-state index in [1.54, 1.807) is 26.5 Å². The number of carbonyl (C=O) groups is 1. The monoisotopic (exact) mass is 467 g/mol. The molecule has 4 rings (SSSR count). The molecule has 0 saturated heterocycles. The molecule has 4 aromatic rings. The molecule has 0 unspecified atom stereocenters. The Balaban J connectivity index is 1.50. The van der Waals surface area contributed by atoms with Crippen molar-refractivity contribution in [1.82, 2.24) is 4.98 Å². The Bertz CT molecular complexity index is 1270. The summed E-state index contributed by atoms with van der Waals surface area (Å²) < 4.78 is 10.9. The van der Waals surface area contributed by atoms with Gasteiger partial charge in [0.25, 0.3) is 5.91 Å². The lowest BCUT2D eigenvalue weighted by atomic mass is 9.97. The first kappa shape index (κ1) is 23.8. The van der Waals surface area contributed by atoms with Crippen LogP contribution < -0.4 is 20.1 Å². The number of rotatable bonds is 9. The number of benzene rings is 3. The highest BCUT2D eigenvalue weighted by molar-refractivity contribution is 6.09. The number of amides is 1. The molecule has 0 atom stereocenters. The van der Waals surface area contributed by atoms with Crippen LogP contribution in [-0.2, 0) is 6.42 Å². The van der Waals surface area contributed by atoms with Crippen molar-refractivity contribution in [3.8, 4) is 22.6 Å². The van der Waals surface area contributed by atoms with Crippen LogP contribution in [0.3, 0.4) is 0 Å². The molecule has 0 aliphatic rings. The molecule has 0 saturated carbocycles. The zero-order valence-electron chi connectivity index (χ0n) is 20.2. The summed E-state index contributed by atoms with van der Waals surface area (Å²) in [6.45, 7) is 2.80. The van der Waals surface area contributed by atoms with Gasteiger partial charge in [0.15, 0.2) is 11.5 Å². The van der Waals surface area contributed by atoms with E-state index >= 15 is 0 Å². The first-order valence-corrected chi connectivity index (χ1v) is 11.5. The predicted octanol–water partition coefficient (Wildman–Crippen LogP) is 5.98. The summed E-state index contributed by atoms with van der Waals surface area (Å²) in [7, 11) is 3.15. The molecule has 0 fully saturated rings. The maximum Gasteiger partial charge on any atom is 0.256 e. The lowest BCUT2D eigenvalue weighted by Gasteiger charge is -2.16. The van der Waals surface area contributed by atoms with Gasteiger partial charge in [-0.2, -0.15) is 0 Å². The van der Waals surface area contributed by atoms with E-state index in [1.165, 1.54) is 0 Å². The van der Waals surface area contributed by atoms with E-state index in [-0.39, 0.29) is 5.91 Å². The van der Waals surface area contributed by atoms with Crippen molar-refractivity contribution in [3.63, 3.8) is 0 Å². The Labute approximate surface area is 206 Å². The quantitative estimate of drug-likeness (QED) is 0.317. The largest absolute Gasteiger partial charge is 0.493 e. The average Bonchev–Trinajstić information content (AvgIpc) is 2.90. The molecule has 2 N–H and O–H groups in total. The second kappa shape index (κ2) is 11.2. The van der Waals surface area contributed by atoms with Gasteiger partial charge in [0.1, 0.15) is 0 Å². The maximum atomic E-state index is 13.3. The van der Waals surface area contributed by atoms with E-state index in [0.717, 1.165) is 41.0 Å². The summed E-state index contributed by atoms with van der Waals surface area (Å²) >= 11 is 0. The van der Waals surface area contributed by atoms with Crippen LogP contribution >= 0.6 is 0 Å². The standard InChI is InChI=1S/C29H29N3O3/c1-20-7-9-21(10-8-20)25-18-27(34-2)28(35-3)19-26(25)29(33)32-24-13-11-23(12-14-24)31-17-15-22-6-4-5-16-30-22/h4-14,16,18-19,31H,15,17H2,1-3H3,(H,32,33). The minimum atomic E-state index is -0.225. The number of hydrogen-bond acceptors (Lipinski definition) is 5. The number of ether oxygens (including phenoxy) is 2. The molecular formula is C29H29N3O3. The zero-order chi connectivity index (χ0) is 24.6. The van der Waals surface area contributed by atoms with Gasteiger partial charge in [-0.25, -0.2) is 0 Å². The van der Waals surface area contributed by atoms with E-state index in [1.807, 2.05) is 79.7 Å². The Morgan fingerprint density at radius 1 is 0.857 bits per heavy atom. The number of nitrogens with zero attached hydrogens (tertiary/aromatic N) is 1. The second-order valence-corrected chi connectivity index (χ2v) is 8.15. The van der Waals surface area contributed by atoms with Gasteiger partial charge in [0.2, 0.25) is 0 Å². The van der Waals surface area contributed by atoms with Crippen LogP contribution in [-0.4, -0.2) is 31.7 Å². The summed E-state index contributed by atoms with van der Waals surface area (Å²) in [5, 5.41) is 6.39. The number of aryl methyl sites for hydroxylation is 1. The van der Waals surface area contributed by atoms with Crippen LogP contribution in [0, 0.1) is 6.92 Å². The first-order chi connectivity index (χ1) is 17.1. The molecule has 3 aromatic carbocycles. The lowest BCUT2D eigenvalue weighted by molar-refractivity contribution is 0.102. The van der Waals surface area contributed by atoms with E-state index < -0.39 is 0 Å². The number of nitrogens with one attached hydrogen (secondary N) is 2. The van der Waals surface area contributed by atoms with E-state index in [4.69, 9.17) is 9.47 Å².